The molecule has 0 aromatic carbocycles. The zero-order chi connectivity index (χ0) is 6.41. The topological polar surface area (TPSA) is 9.23 Å². The Kier molecular flexibility index (Phi) is 4.97. The fourth-order valence-corrected chi connectivity index (χ4v) is 0.536. The predicted molar refractivity (Wildman–Crippen MR) is 31.2 cm³/mol. The second kappa shape index (κ2) is 5.04. The van der Waals surface area contributed by atoms with Gasteiger partial charge in [0.15, 0.2) is 0 Å². The van der Waals surface area contributed by atoms with Crippen molar-refractivity contribution in [3.8, 4) is 0 Å². The number of hydrogen-bond acceptors (Lipinski definition) is 1. The summed E-state index contributed by atoms with van der Waals surface area (Å²) in [6.07, 6.45) is 2.76. The first-order chi connectivity index (χ1) is 3.81. The molecule has 50 valence electrons. The van der Waals surface area contributed by atoms with Gasteiger partial charge in [-0.05, 0) is 17.9 Å². The van der Waals surface area contributed by atoms with E-state index in [0.717, 1.165) is 19.3 Å². The van der Waals surface area contributed by atoms with Crippen molar-refractivity contribution in [3.05, 3.63) is 0 Å². The second-order valence-corrected chi connectivity index (χ2v) is 2.04. The van der Waals surface area contributed by atoms with Crippen molar-refractivity contribution in [1.82, 2.24) is 0 Å². The molecule has 0 amide bonds. The first kappa shape index (κ1) is 7.89. The molecule has 0 aromatic rings. The van der Waals surface area contributed by atoms with Crippen LogP contribution >= 0.6 is 0 Å². The molecule has 1 nitrogen and oxygen atoms in total. The van der Waals surface area contributed by atoms with Gasteiger partial charge in [0.2, 0.25) is 0 Å². The number of rotatable bonds is 4. The lowest BCUT2D eigenvalue weighted by Crippen LogP contribution is -2.00. The minimum Gasteiger partial charge on any atom is -0.191 e. The monoisotopic (exact) mass is 120 g/mol. The molecule has 0 spiro atoms. The van der Waals surface area contributed by atoms with Crippen molar-refractivity contribution in [2.24, 2.45) is 0 Å². The van der Waals surface area contributed by atoms with E-state index in [1.54, 1.807) is 6.92 Å². The number of unbranched alkanes of at least 4 members (excludes halogenated alkanes) is 1. The number of halogens is 1. The lowest BCUT2D eigenvalue weighted by atomic mass is 10.2. The molecule has 1 atom stereocenters. The molecule has 0 heterocycles. The summed E-state index contributed by atoms with van der Waals surface area (Å²) in [5, 5.41) is 0. The van der Waals surface area contributed by atoms with Gasteiger partial charge in [0.1, 0.15) is 0 Å². The highest BCUT2D eigenvalue weighted by molar-refractivity contribution is 4.45. The van der Waals surface area contributed by atoms with Crippen LogP contribution in [0.15, 0.2) is 0 Å². The van der Waals surface area contributed by atoms with E-state index in [-0.39, 0.29) is 6.10 Å². The Bertz CT molecular complexity index is 47.8. The van der Waals surface area contributed by atoms with Crippen LogP contribution in [0, 0.1) is 0 Å². The average Bonchev–Trinajstić information content (AvgIpc) is 1.83. The fraction of sp³-hybridized carbons (Fsp3) is 1.00. The predicted octanol–water partition coefficient (Wildman–Crippen LogP) is 2.47. The Labute approximate surface area is 49.7 Å². The normalized spacial score (nSPS) is 13.9. The van der Waals surface area contributed by atoms with Crippen LogP contribution in [-0.2, 0) is 4.94 Å². The summed E-state index contributed by atoms with van der Waals surface area (Å²) in [6.45, 7) is 3.81. The van der Waals surface area contributed by atoms with Gasteiger partial charge >= 0.3 is 0 Å². The summed E-state index contributed by atoms with van der Waals surface area (Å²) < 4.78 is 11.2. The molecule has 0 radical (unpaired) electrons. The Morgan fingerprint density at radius 1 is 1.62 bits per heavy atom. The highest BCUT2D eigenvalue weighted by Gasteiger charge is 1.98. The van der Waals surface area contributed by atoms with E-state index in [1.807, 2.05) is 0 Å². The van der Waals surface area contributed by atoms with E-state index in [0.29, 0.717) is 0 Å². The zero-order valence-electron chi connectivity index (χ0n) is 5.48. The highest BCUT2D eigenvalue weighted by atomic mass is 19.3. The molecule has 0 fully saturated rings. The van der Waals surface area contributed by atoms with Crippen LogP contribution in [0.3, 0.4) is 0 Å². The molecule has 8 heavy (non-hydrogen) atoms. The molecule has 0 rings (SSSR count). The lowest BCUT2D eigenvalue weighted by Gasteiger charge is -2.01. The molecule has 0 aliphatic carbocycles. The maximum atomic E-state index is 11.2. The molecule has 0 aliphatic rings. The van der Waals surface area contributed by atoms with Gasteiger partial charge in [-0.3, -0.25) is 0 Å². The highest BCUT2D eigenvalue weighted by Crippen LogP contribution is 2.02. The maximum absolute atomic E-state index is 11.2. The van der Waals surface area contributed by atoms with Crippen molar-refractivity contribution >= 4 is 0 Å². The molecule has 0 aliphatic heterocycles. The molecular weight excluding hydrogens is 107 g/mol. The van der Waals surface area contributed by atoms with Crippen LogP contribution in [0.2, 0.25) is 0 Å². The van der Waals surface area contributed by atoms with Gasteiger partial charge in [-0.25, -0.2) is 0 Å². The van der Waals surface area contributed by atoms with E-state index >= 15 is 0 Å². The Hall–Kier alpha value is -0.110. The quantitative estimate of drug-likeness (QED) is 0.553. The van der Waals surface area contributed by atoms with Gasteiger partial charge in [0, 0.05) is 0 Å². The maximum Gasteiger partial charge on any atom is 0.0955 e. The largest absolute Gasteiger partial charge is 0.191 e. The zero-order valence-corrected chi connectivity index (χ0v) is 5.48. The van der Waals surface area contributed by atoms with Gasteiger partial charge in [-0.15, -0.1) is 0 Å². The van der Waals surface area contributed by atoms with Crippen molar-refractivity contribution in [2.45, 2.75) is 39.2 Å². The molecule has 0 saturated heterocycles. The Morgan fingerprint density at radius 2 is 2.25 bits per heavy atom. The summed E-state index contributed by atoms with van der Waals surface area (Å²) >= 11 is 0. The smallest absolute Gasteiger partial charge is 0.0955 e. The summed E-state index contributed by atoms with van der Waals surface area (Å²) in [7, 11) is 0. The van der Waals surface area contributed by atoms with Gasteiger partial charge in [0.05, 0.1) is 6.10 Å². The first-order valence-corrected chi connectivity index (χ1v) is 3.08. The molecule has 0 N–H and O–H groups in total. The van der Waals surface area contributed by atoms with Crippen LogP contribution in [0.4, 0.5) is 4.53 Å². The molecular formula is C6H13FO. The van der Waals surface area contributed by atoms with Crippen molar-refractivity contribution in [2.75, 3.05) is 0 Å². The van der Waals surface area contributed by atoms with E-state index < -0.39 is 0 Å². The van der Waals surface area contributed by atoms with Gasteiger partial charge in [0.25, 0.3) is 0 Å². The average molecular weight is 120 g/mol. The third-order valence-corrected chi connectivity index (χ3v) is 1.12. The third kappa shape index (κ3) is 4.06. The van der Waals surface area contributed by atoms with Crippen LogP contribution in [0.5, 0.6) is 0 Å². The first-order valence-electron chi connectivity index (χ1n) is 3.08. The second-order valence-electron chi connectivity index (χ2n) is 2.04. The van der Waals surface area contributed by atoms with E-state index in [2.05, 4.69) is 11.9 Å². The number of hydrogen-bond donors (Lipinski definition) is 0. The van der Waals surface area contributed by atoms with Crippen molar-refractivity contribution in [1.29, 1.82) is 0 Å². The van der Waals surface area contributed by atoms with Crippen molar-refractivity contribution in [3.63, 3.8) is 0 Å². The van der Waals surface area contributed by atoms with Crippen molar-refractivity contribution < 1.29 is 9.47 Å². The minimum atomic E-state index is -0.213. The van der Waals surface area contributed by atoms with Gasteiger partial charge < -0.3 is 0 Å². The fourth-order valence-electron chi connectivity index (χ4n) is 0.536. The minimum absolute atomic E-state index is 0.213. The lowest BCUT2D eigenvalue weighted by molar-refractivity contribution is -0.174. The van der Waals surface area contributed by atoms with Crippen LogP contribution in [0.1, 0.15) is 33.1 Å². The van der Waals surface area contributed by atoms with Gasteiger partial charge in [-0.2, -0.15) is 4.94 Å². The van der Waals surface area contributed by atoms with Crippen LogP contribution in [0.25, 0.3) is 0 Å². The van der Waals surface area contributed by atoms with E-state index in [1.165, 1.54) is 0 Å². The summed E-state index contributed by atoms with van der Waals surface area (Å²) in [5.74, 6) is 0. The third-order valence-electron chi connectivity index (χ3n) is 1.12. The SMILES string of the molecule is CCCCC(C)OF. The van der Waals surface area contributed by atoms with E-state index in [9.17, 15) is 4.53 Å². The van der Waals surface area contributed by atoms with E-state index in [4.69, 9.17) is 0 Å². The molecule has 2 heteroatoms. The summed E-state index contributed by atoms with van der Waals surface area (Å²) in [4.78, 5) is 3.55. The van der Waals surface area contributed by atoms with Crippen LogP contribution in [-0.4, -0.2) is 6.10 Å². The van der Waals surface area contributed by atoms with Gasteiger partial charge in [-0.1, -0.05) is 19.8 Å². The summed E-state index contributed by atoms with van der Waals surface area (Å²) in [5.41, 5.74) is 0. The molecule has 1 unspecified atom stereocenters. The Balaban J connectivity index is 2.86. The molecule has 0 saturated carbocycles. The molecule has 0 aromatic heterocycles. The molecule has 0 bridgehead atoms. The summed E-state index contributed by atoms with van der Waals surface area (Å²) in [6, 6.07) is 0. The van der Waals surface area contributed by atoms with Crippen LogP contribution < -0.4 is 0 Å². The Morgan fingerprint density at radius 3 is 2.62 bits per heavy atom. The standard InChI is InChI=1S/C6H13FO/c1-3-4-5-6(2)8-7/h6H,3-5H2,1-2H3.